The number of carbonyl (C=O) groups is 2. The molecule has 4 nitrogen and oxygen atoms in total. The van der Waals surface area contributed by atoms with Gasteiger partial charge in [-0.3, -0.25) is 4.79 Å². The number of alkyl halides is 3. The molecule has 1 rings (SSSR count). The van der Waals surface area contributed by atoms with E-state index in [1.807, 2.05) is 0 Å². The first-order valence-electron chi connectivity index (χ1n) is 5.28. The third-order valence-corrected chi connectivity index (χ3v) is 2.65. The SMILES string of the molecule is CC(=O)N(C)C(C(=O)O)c1cccc(C(F)(F)F)c1. The van der Waals surface area contributed by atoms with Gasteiger partial charge in [-0.2, -0.15) is 13.2 Å². The molecule has 0 heterocycles. The van der Waals surface area contributed by atoms with Crippen molar-refractivity contribution >= 4 is 11.9 Å². The Morgan fingerprint density at radius 3 is 2.32 bits per heavy atom. The number of hydrogen-bond acceptors (Lipinski definition) is 2. The van der Waals surface area contributed by atoms with Crippen LogP contribution in [0.4, 0.5) is 13.2 Å². The number of carboxylic acids is 1. The number of benzene rings is 1. The number of carboxylic acid groups (broad SMARTS) is 1. The summed E-state index contributed by atoms with van der Waals surface area (Å²) in [5.41, 5.74) is -1.05. The van der Waals surface area contributed by atoms with Gasteiger partial charge in [-0.25, -0.2) is 4.79 Å². The Kier molecular flexibility index (Phi) is 4.18. The normalized spacial score (nSPS) is 12.9. The largest absolute Gasteiger partial charge is 0.479 e. The second-order valence-corrected chi connectivity index (χ2v) is 3.99. The first-order chi connectivity index (χ1) is 8.64. The molecule has 1 atom stereocenters. The number of carbonyl (C=O) groups excluding carboxylic acids is 1. The number of hydrogen-bond donors (Lipinski definition) is 1. The summed E-state index contributed by atoms with van der Waals surface area (Å²) in [4.78, 5) is 23.2. The maximum Gasteiger partial charge on any atom is 0.416 e. The molecular formula is C12H12F3NO3. The molecule has 0 radical (unpaired) electrons. The summed E-state index contributed by atoms with van der Waals surface area (Å²) in [5.74, 6) is -1.94. The minimum Gasteiger partial charge on any atom is -0.479 e. The molecule has 1 amide bonds. The predicted molar refractivity (Wildman–Crippen MR) is 60.3 cm³/mol. The summed E-state index contributed by atoms with van der Waals surface area (Å²) in [6.45, 7) is 1.14. The minimum absolute atomic E-state index is 0.0972. The van der Waals surface area contributed by atoms with Crippen LogP contribution in [0.15, 0.2) is 24.3 Å². The molecule has 1 N–H and O–H groups in total. The van der Waals surface area contributed by atoms with Gasteiger partial charge in [0.25, 0.3) is 0 Å². The fourth-order valence-corrected chi connectivity index (χ4v) is 1.60. The lowest BCUT2D eigenvalue weighted by Gasteiger charge is -2.24. The molecule has 1 aromatic rings. The van der Waals surface area contributed by atoms with Crippen molar-refractivity contribution in [3.05, 3.63) is 35.4 Å². The van der Waals surface area contributed by atoms with Crippen LogP contribution in [0.5, 0.6) is 0 Å². The lowest BCUT2D eigenvalue weighted by Crippen LogP contribution is -2.34. The van der Waals surface area contributed by atoms with Crippen molar-refractivity contribution in [3.8, 4) is 0 Å². The van der Waals surface area contributed by atoms with E-state index < -0.39 is 29.7 Å². The van der Waals surface area contributed by atoms with E-state index in [1.54, 1.807) is 0 Å². The van der Waals surface area contributed by atoms with Crippen molar-refractivity contribution in [2.75, 3.05) is 7.05 Å². The molecule has 0 aromatic heterocycles. The second kappa shape index (κ2) is 5.29. The van der Waals surface area contributed by atoms with Crippen LogP contribution in [-0.2, 0) is 15.8 Å². The van der Waals surface area contributed by atoms with Crippen molar-refractivity contribution in [2.45, 2.75) is 19.1 Å². The van der Waals surface area contributed by atoms with Crippen LogP contribution in [0.3, 0.4) is 0 Å². The Morgan fingerprint density at radius 2 is 1.89 bits per heavy atom. The highest BCUT2D eigenvalue weighted by atomic mass is 19.4. The zero-order valence-corrected chi connectivity index (χ0v) is 10.2. The molecular weight excluding hydrogens is 263 g/mol. The van der Waals surface area contributed by atoms with Crippen LogP contribution >= 0.6 is 0 Å². The molecule has 0 aliphatic carbocycles. The topological polar surface area (TPSA) is 57.6 Å². The van der Waals surface area contributed by atoms with Crippen LogP contribution in [0.25, 0.3) is 0 Å². The number of rotatable bonds is 3. The summed E-state index contributed by atoms with van der Waals surface area (Å²) in [6, 6.07) is 2.49. The smallest absolute Gasteiger partial charge is 0.416 e. The van der Waals surface area contributed by atoms with E-state index in [1.165, 1.54) is 13.1 Å². The zero-order chi connectivity index (χ0) is 14.8. The Balaban J connectivity index is 3.25. The first-order valence-corrected chi connectivity index (χ1v) is 5.28. The highest BCUT2D eigenvalue weighted by Crippen LogP contribution is 2.31. The third-order valence-electron chi connectivity index (χ3n) is 2.65. The zero-order valence-electron chi connectivity index (χ0n) is 10.2. The van der Waals surface area contributed by atoms with E-state index >= 15 is 0 Å². The highest BCUT2D eigenvalue weighted by Gasteiger charge is 2.33. The monoisotopic (exact) mass is 275 g/mol. The van der Waals surface area contributed by atoms with Gasteiger partial charge in [0.2, 0.25) is 5.91 Å². The van der Waals surface area contributed by atoms with Gasteiger partial charge in [0.05, 0.1) is 5.56 Å². The van der Waals surface area contributed by atoms with Crippen molar-refractivity contribution < 1.29 is 27.9 Å². The van der Waals surface area contributed by atoms with Gasteiger partial charge >= 0.3 is 12.1 Å². The average Bonchev–Trinajstić information content (AvgIpc) is 2.27. The van der Waals surface area contributed by atoms with E-state index in [-0.39, 0.29) is 5.56 Å². The van der Waals surface area contributed by atoms with Crippen LogP contribution < -0.4 is 0 Å². The molecule has 0 saturated carbocycles. The van der Waals surface area contributed by atoms with E-state index in [4.69, 9.17) is 5.11 Å². The van der Waals surface area contributed by atoms with Gasteiger partial charge in [-0.1, -0.05) is 12.1 Å². The molecule has 0 bridgehead atoms. The number of amides is 1. The summed E-state index contributed by atoms with van der Waals surface area (Å²) >= 11 is 0. The van der Waals surface area contributed by atoms with Crippen LogP contribution in [0.1, 0.15) is 24.1 Å². The fraction of sp³-hybridized carbons (Fsp3) is 0.333. The Hall–Kier alpha value is -2.05. The minimum atomic E-state index is -4.56. The number of likely N-dealkylation sites (N-methyl/N-ethyl adjacent to an activating group) is 1. The second-order valence-electron chi connectivity index (χ2n) is 3.99. The van der Waals surface area contributed by atoms with E-state index in [0.717, 1.165) is 30.0 Å². The molecule has 0 aliphatic rings. The molecule has 7 heteroatoms. The van der Waals surface area contributed by atoms with Gasteiger partial charge < -0.3 is 10.0 Å². The van der Waals surface area contributed by atoms with Crippen molar-refractivity contribution in [1.82, 2.24) is 4.90 Å². The third kappa shape index (κ3) is 3.46. The number of aliphatic carboxylic acids is 1. The Labute approximate surface area is 107 Å². The molecule has 19 heavy (non-hydrogen) atoms. The molecule has 1 unspecified atom stereocenters. The summed E-state index contributed by atoms with van der Waals surface area (Å²) in [7, 11) is 1.22. The molecule has 104 valence electrons. The lowest BCUT2D eigenvalue weighted by atomic mass is 10.0. The van der Waals surface area contributed by atoms with Gasteiger partial charge in [0.1, 0.15) is 0 Å². The number of nitrogens with zero attached hydrogens (tertiary/aromatic N) is 1. The van der Waals surface area contributed by atoms with E-state index in [9.17, 15) is 22.8 Å². The van der Waals surface area contributed by atoms with Gasteiger partial charge in [-0.15, -0.1) is 0 Å². The highest BCUT2D eigenvalue weighted by molar-refractivity contribution is 5.83. The Bertz CT molecular complexity index is 499. The van der Waals surface area contributed by atoms with Gasteiger partial charge in [-0.05, 0) is 17.7 Å². The maximum absolute atomic E-state index is 12.6. The molecule has 0 saturated heterocycles. The predicted octanol–water partition coefficient (Wildman–Crippen LogP) is 2.31. The summed E-state index contributed by atoms with van der Waals surface area (Å²) in [6.07, 6.45) is -4.56. The lowest BCUT2D eigenvalue weighted by molar-refractivity contribution is -0.148. The molecule has 1 aromatic carbocycles. The van der Waals surface area contributed by atoms with Crippen LogP contribution in [-0.4, -0.2) is 28.9 Å². The van der Waals surface area contributed by atoms with E-state index in [2.05, 4.69) is 0 Å². The van der Waals surface area contributed by atoms with Gasteiger partial charge in [0.15, 0.2) is 6.04 Å². The Morgan fingerprint density at radius 1 is 1.32 bits per heavy atom. The van der Waals surface area contributed by atoms with Crippen LogP contribution in [0.2, 0.25) is 0 Å². The van der Waals surface area contributed by atoms with Crippen molar-refractivity contribution in [2.24, 2.45) is 0 Å². The van der Waals surface area contributed by atoms with E-state index in [0.29, 0.717) is 0 Å². The number of halogens is 3. The summed E-state index contributed by atoms with van der Waals surface area (Å²) < 4.78 is 37.7. The maximum atomic E-state index is 12.6. The fourth-order valence-electron chi connectivity index (χ4n) is 1.60. The molecule has 0 spiro atoms. The van der Waals surface area contributed by atoms with Crippen molar-refractivity contribution in [3.63, 3.8) is 0 Å². The first kappa shape index (κ1) is 15.0. The standard InChI is InChI=1S/C12H12F3NO3/c1-7(17)16(2)10(11(18)19)8-4-3-5-9(6-8)12(13,14)15/h3-6,10H,1-2H3,(H,18,19). The quantitative estimate of drug-likeness (QED) is 0.921. The average molecular weight is 275 g/mol. The van der Waals surface area contributed by atoms with Crippen LogP contribution in [0, 0.1) is 0 Å². The van der Waals surface area contributed by atoms with Gasteiger partial charge in [0, 0.05) is 14.0 Å². The van der Waals surface area contributed by atoms with Crippen molar-refractivity contribution in [1.29, 1.82) is 0 Å². The molecule has 0 aliphatic heterocycles. The molecule has 0 fully saturated rings. The summed E-state index contributed by atoms with van der Waals surface area (Å²) in [5, 5.41) is 9.06.